The van der Waals surface area contributed by atoms with Crippen LogP contribution in [-0.2, 0) is 4.79 Å². The molecule has 0 spiro atoms. The number of nitrogens with zero attached hydrogens (tertiary/aromatic N) is 2. The second-order valence-corrected chi connectivity index (χ2v) is 6.34. The first-order chi connectivity index (χ1) is 10.2. The molecule has 0 saturated carbocycles. The zero-order chi connectivity index (χ0) is 15.1. The highest BCUT2D eigenvalue weighted by molar-refractivity contribution is 5.97. The van der Waals surface area contributed by atoms with E-state index in [0.717, 1.165) is 25.9 Å². The molecule has 2 fully saturated rings. The number of imide groups is 1. The standard InChI is InChI=1S/C16H29N3O2/c1-2-3-4-6-9-14-12-15(20)19(16(21)17-14)13-18-10-7-5-8-11-18/h14H,2-13H2,1H3,(H,17,21). The second-order valence-electron chi connectivity index (χ2n) is 6.34. The van der Waals surface area contributed by atoms with Crippen LogP contribution in [0.2, 0.25) is 0 Å². The lowest BCUT2D eigenvalue weighted by molar-refractivity contribution is -0.132. The highest BCUT2D eigenvalue weighted by atomic mass is 16.2. The Hall–Kier alpha value is -1.10. The van der Waals surface area contributed by atoms with Crippen LogP contribution in [0.5, 0.6) is 0 Å². The monoisotopic (exact) mass is 295 g/mol. The molecule has 0 aromatic carbocycles. The van der Waals surface area contributed by atoms with Crippen LogP contribution in [0.25, 0.3) is 0 Å². The first kappa shape index (κ1) is 16.3. The summed E-state index contributed by atoms with van der Waals surface area (Å²) in [5, 5.41) is 3.00. The first-order valence-corrected chi connectivity index (χ1v) is 8.54. The fourth-order valence-corrected chi connectivity index (χ4v) is 3.17. The van der Waals surface area contributed by atoms with Gasteiger partial charge in [0.15, 0.2) is 0 Å². The lowest BCUT2D eigenvalue weighted by Gasteiger charge is -2.36. The highest BCUT2D eigenvalue weighted by Gasteiger charge is 2.32. The van der Waals surface area contributed by atoms with Crippen molar-refractivity contribution in [2.45, 2.75) is 70.8 Å². The molecule has 0 aromatic heterocycles. The molecule has 2 aliphatic heterocycles. The minimum atomic E-state index is -0.197. The van der Waals surface area contributed by atoms with Gasteiger partial charge < -0.3 is 5.32 Å². The first-order valence-electron chi connectivity index (χ1n) is 8.54. The molecule has 120 valence electrons. The molecule has 2 saturated heterocycles. The van der Waals surface area contributed by atoms with Crippen molar-refractivity contribution in [3.63, 3.8) is 0 Å². The molecule has 1 N–H and O–H groups in total. The van der Waals surface area contributed by atoms with Gasteiger partial charge in [-0.15, -0.1) is 0 Å². The van der Waals surface area contributed by atoms with E-state index < -0.39 is 0 Å². The Kier molecular flexibility index (Phi) is 6.49. The zero-order valence-electron chi connectivity index (χ0n) is 13.3. The van der Waals surface area contributed by atoms with Crippen LogP contribution >= 0.6 is 0 Å². The molecule has 5 nitrogen and oxygen atoms in total. The van der Waals surface area contributed by atoms with Crippen molar-refractivity contribution in [2.75, 3.05) is 19.8 Å². The van der Waals surface area contributed by atoms with Gasteiger partial charge in [-0.05, 0) is 32.4 Å². The number of nitrogens with one attached hydrogen (secondary N) is 1. The SMILES string of the molecule is CCCCCCC1CC(=O)N(CN2CCCCC2)C(=O)N1. The molecule has 2 heterocycles. The summed E-state index contributed by atoms with van der Waals surface area (Å²) in [6, 6.07) is -0.156. The van der Waals surface area contributed by atoms with Crippen LogP contribution in [0, 0.1) is 0 Å². The van der Waals surface area contributed by atoms with Gasteiger partial charge in [-0.2, -0.15) is 0 Å². The van der Waals surface area contributed by atoms with E-state index >= 15 is 0 Å². The molecule has 2 rings (SSSR count). The smallest absolute Gasteiger partial charge is 0.325 e. The lowest BCUT2D eigenvalue weighted by Crippen LogP contribution is -2.57. The molecule has 1 unspecified atom stereocenters. The average molecular weight is 295 g/mol. The number of urea groups is 1. The number of unbranched alkanes of at least 4 members (excludes halogenated alkanes) is 3. The van der Waals surface area contributed by atoms with E-state index in [4.69, 9.17) is 0 Å². The number of carbonyl (C=O) groups is 2. The van der Waals surface area contributed by atoms with Gasteiger partial charge in [-0.25, -0.2) is 4.79 Å². The summed E-state index contributed by atoms with van der Waals surface area (Å²) in [5.74, 6) is -0.00943. The number of likely N-dealkylation sites (tertiary alicyclic amines) is 1. The summed E-state index contributed by atoms with van der Waals surface area (Å²) >= 11 is 0. The Bertz CT molecular complexity index is 335. The second kappa shape index (κ2) is 8.37. The van der Waals surface area contributed by atoms with Crippen molar-refractivity contribution in [1.29, 1.82) is 0 Å². The van der Waals surface area contributed by atoms with E-state index in [1.165, 1.54) is 43.4 Å². The van der Waals surface area contributed by atoms with Gasteiger partial charge in [-0.3, -0.25) is 14.6 Å². The summed E-state index contributed by atoms with van der Waals surface area (Å²) in [5.41, 5.74) is 0. The van der Waals surface area contributed by atoms with E-state index in [1.807, 2.05) is 0 Å². The van der Waals surface area contributed by atoms with Gasteiger partial charge in [-0.1, -0.05) is 39.0 Å². The average Bonchev–Trinajstić information content (AvgIpc) is 2.48. The maximum atomic E-state index is 12.2. The van der Waals surface area contributed by atoms with Gasteiger partial charge >= 0.3 is 6.03 Å². The van der Waals surface area contributed by atoms with E-state index in [-0.39, 0.29) is 18.0 Å². The number of piperidine rings is 1. The zero-order valence-corrected chi connectivity index (χ0v) is 13.3. The third kappa shape index (κ3) is 4.99. The summed E-state index contributed by atoms with van der Waals surface area (Å²) in [7, 11) is 0. The number of hydrogen-bond donors (Lipinski definition) is 1. The number of carbonyl (C=O) groups excluding carboxylic acids is 2. The van der Waals surface area contributed by atoms with Gasteiger partial charge in [0.1, 0.15) is 0 Å². The lowest BCUT2D eigenvalue weighted by atomic mass is 10.0. The number of amides is 3. The summed E-state index contributed by atoms with van der Waals surface area (Å²) in [6.45, 7) is 4.65. The van der Waals surface area contributed by atoms with Crippen LogP contribution < -0.4 is 5.32 Å². The van der Waals surface area contributed by atoms with Crippen LogP contribution in [0.3, 0.4) is 0 Å². The van der Waals surface area contributed by atoms with Crippen molar-refractivity contribution in [3.8, 4) is 0 Å². The highest BCUT2D eigenvalue weighted by Crippen LogP contribution is 2.16. The summed E-state index contributed by atoms with van der Waals surface area (Å²) in [4.78, 5) is 28.0. The van der Waals surface area contributed by atoms with Gasteiger partial charge in [0.05, 0.1) is 6.67 Å². The predicted molar refractivity (Wildman–Crippen MR) is 82.8 cm³/mol. The molecule has 3 amide bonds. The quantitative estimate of drug-likeness (QED) is 0.735. The van der Waals surface area contributed by atoms with Crippen molar-refractivity contribution in [3.05, 3.63) is 0 Å². The summed E-state index contributed by atoms with van der Waals surface area (Å²) in [6.07, 6.45) is 9.71. The maximum Gasteiger partial charge on any atom is 0.325 e. The number of hydrogen-bond acceptors (Lipinski definition) is 3. The van der Waals surface area contributed by atoms with Crippen LogP contribution in [0.1, 0.15) is 64.7 Å². The molecule has 0 radical (unpaired) electrons. The fraction of sp³-hybridized carbons (Fsp3) is 0.875. The Morgan fingerprint density at radius 2 is 1.86 bits per heavy atom. The third-order valence-electron chi connectivity index (χ3n) is 4.49. The van der Waals surface area contributed by atoms with Crippen molar-refractivity contribution < 1.29 is 9.59 Å². The van der Waals surface area contributed by atoms with E-state index in [0.29, 0.717) is 13.1 Å². The molecule has 5 heteroatoms. The van der Waals surface area contributed by atoms with Crippen molar-refractivity contribution >= 4 is 11.9 Å². The Morgan fingerprint density at radius 3 is 2.52 bits per heavy atom. The Morgan fingerprint density at radius 1 is 1.10 bits per heavy atom. The van der Waals surface area contributed by atoms with Crippen molar-refractivity contribution in [2.24, 2.45) is 0 Å². The minimum absolute atomic E-state index is 0.00943. The molecule has 1 atom stereocenters. The van der Waals surface area contributed by atoms with E-state index in [2.05, 4.69) is 17.1 Å². The molecule has 0 aromatic rings. The van der Waals surface area contributed by atoms with E-state index in [1.54, 1.807) is 0 Å². The number of rotatable bonds is 7. The minimum Gasteiger partial charge on any atom is -0.334 e. The normalized spacial score (nSPS) is 24.2. The van der Waals surface area contributed by atoms with Crippen LogP contribution in [-0.4, -0.2) is 47.5 Å². The van der Waals surface area contributed by atoms with Gasteiger partial charge in [0.25, 0.3) is 0 Å². The molecular weight excluding hydrogens is 266 g/mol. The molecular formula is C16H29N3O2. The molecule has 0 aliphatic carbocycles. The Balaban J connectivity index is 1.76. The van der Waals surface area contributed by atoms with Gasteiger partial charge in [0, 0.05) is 12.5 Å². The van der Waals surface area contributed by atoms with E-state index in [9.17, 15) is 9.59 Å². The maximum absolute atomic E-state index is 12.2. The van der Waals surface area contributed by atoms with Crippen LogP contribution in [0.4, 0.5) is 4.79 Å². The third-order valence-corrected chi connectivity index (χ3v) is 4.49. The fourth-order valence-electron chi connectivity index (χ4n) is 3.17. The largest absolute Gasteiger partial charge is 0.334 e. The topological polar surface area (TPSA) is 52.7 Å². The molecule has 2 aliphatic rings. The molecule has 21 heavy (non-hydrogen) atoms. The van der Waals surface area contributed by atoms with Crippen LogP contribution in [0.15, 0.2) is 0 Å². The molecule has 0 bridgehead atoms. The van der Waals surface area contributed by atoms with Crippen molar-refractivity contribution in [1.82, 2.24) is 15.1 Å². The predicted octanol–water partition coefficient (Wildman–Crippen LogP) is 2.71. The summed E-state index contributed by atoms with van der Waals surface area (Å²) < 4.78 is 0. The van der Waals surface area contributed by atoms with Gasteiger partial charge in [0.2, 0.25) is 5.91 Å². The Labute approximate surface area is 128 Å².